The van der Waals surface area contributed by atoms with Crippen LogP contribution in [0.25, 0.3) is 0 Å². The zero-order chi connectivity index (χ0) is 18.0. The number of carbonyl (C=O) groups excluding carboxylic acids is 1. The van der Waals surface area contributed by atoms with Crippen LogP contribution in [0.2, 0.25) is 5.02 Å². The number of aliphatic carboxylic acids is 1. The molecule has 2 atom stereocenters. The minimum absolute atomic E-state index is 0.00783. The maximum absolute atomic E-state index is 13.0. The highest BCUT2D eigenvalue weighted by molar-refractivity contribution is 6.31. The highest BCUT2D eigenvalue weighted by atomic mass is 35.5. The Kier molecular flexibility index (Phi) is 5.49. The van der Waals surface area contributed by atoms with Gasteiger partial charge in [0.1, 0.15) is 5.75 Å². The summed E-state index contributed by atoms with van der Waals surface area (Å²) in [5, 5.41) is 9.65. The summed E-state index contributed by atoms with van der Waals surface area (Å²) in [6.45, 7) is 2.09. The van der Waals surface area contributed by atoms with Gasteiger partial charge in [-0.1, -0.05) is 11.6 Å². The van der Waals surface area contributed by atoms with Crippen molar-refractivity contribution in [2.45, 2.75) is 50.9 Å². The second kappa shape index (κ2) is 7.62. The van der Waals surface area contributed by atoms with Crippen molar-refractivity contribution in [1.29, 1.82) is 0 Å². The van der Waals surface area contributed by atoms with Crippen LogP contribution in [0.4, 0.5) is 0 Å². The summed E-state index contributed by atoms with van der Waals surface area (Å²) in [6.07, 6.45) is 2.95. The molecular weight excluding hydrogens is 346 g/mol. The highest BCUT2D eigenvalue weighted by Gasteiger charge is 2.34. The van der Waals surface area contributed by atoms with Gasteiger partial charge in [0.25, 0.3) is 5.91 Å². The Hall–Kier alpha value is -1.79. The number of benzene rings is 1. The van der Waals surface area contributed by atoms with E-state index in [-0.39, 0.29) is 24.7 Å². The molecule has 1 saturated heterocycles. The molecule has 1 amide bonds. The van der Waals surface area contributed by atoms with Crippen molar-refractivity contribution in [3.8, 4) is 5.75 Å². The third-order valence-electron chi connectivity index (χ3n) is 4.59. The van der Waals surface area contributed by atoms with Crippen LogP contribution in [0.15, 0.2) is 18.2 Å². The predicted molar refractivity (Wildman–Crippen MR) is 92.2 cm³/mol. The van der Waals surface area contributed by atoms with Gasteiger partial charge in [-0.3, -0.25) is 4.79 Å². The molecule has 1 saturated carbocycles. The van der Waals surface area contributed by atoms with Crippen molar-refractivity contribution in [2.75, 3.05) is 13.1 Å². The highest BCUT2D eigenvalue weighted by Crippen LogP contribution is 2.30. The van der Waals surface area contributed by atoms with E-state index < -0.39 is 12.1 Å². The third kappa shape index (κ3) is 4.25. The Morgan fingerprint density at radius 1 is 1.28 bits per heavy atom. The van der Waals surface area contributed by atoms with E-state index >= 15 is 0 Å². The lowest BCUT2D eigenvalue weighted by atomic mass is 10.1. The third-order valence-corrected chi connectivity index (χ3v) is 4.83. The minimum Gasteiger partial charge on any atom is -0.490 e. The van der Waals surface area contributed by atoms with Crippen molar-refractivity contribution in [1.82, 2.24) is 4.90 Å². The van der Waals surface area contributed by atoms with Crippen molar-refractivity contribution >= 4 is 23.5 Å². The summed E-state index contributed by atoms with van der Waals surface area (Å²) in [6, 6.07) is 5.00. The first kappa shape index (κ1) is 18.0. The van der Waals surface area contributed by atoms with Crippen molar-refractivity contribution in [3.63, 3.8) is 0 Å². The fourth-order valence-electron chi connectivity index (χ4n) is 3.38. The molecule has 1 N–H and O–H groups in total. The standard InChI is InChI=1S/C18H22ClNO5/c1-11-9-20(10-16(24-11)18(22)23)17(21)14-8-12(19)6-7-15(14)25-13-4-2-3-5-13/h6-8,11,13,16H,2-5,9-10H2,1H3,(H,22,23)/t11-,16?/m1/s1. The zero-order valence-electron chi connectivity index (χ0n) is 14.1. The molecular formula is C18H22ClNO5. The van der Waals surface area contributed by atoms with Crippen LogP contribution in [0, 0.1) is 0 Å². The van der Waals surface area contributed by atoms with Crippen LogP contribution in [0.5, 0.6) is 5.75 Å². The molecule has 7 heteroatoms. The van der Waals surface area contributed by atoms with Gasteiger partial charge in [-0.05, 0) is 50.8 Å². The molecule has 3 rings (SSSR count). The van der Waals surface area contributed by atoms with Crippen LogP contribution in [0.3, 0.4) is 0 Å². The molecule has 0 radical (unpaired) electrons. The number of hydrogen-bond acceptors (Lipinski definition) is 4. The summed E-state index contributed by atoms with van der Waals surface area (Å²) in [7, 11) is 0. The normalized spacial score (nSPS) is 24.3. The number of carbonyl (C=O) groups is 2. The summed E-state index contributed by atoms with van der Waals surface area (Å²) < 4.78 is 11.4. The SMILES string of the molecule is C[C@@H]1CN(C(=O)c2cc(Cl)ccc2OC2CCCC2)CC(C(=O)O)O1. The van der Waals surface area contributed by atoms with E-state index in [9.17, 15) is 14.7 Å². The number of halogens is 1. The number of nitrogens with zero attached hydrogens (tertiary/aromatic N) is 1. The fourth-order valence-corrected chi connectivity index (χ4v) is 3.55. The number of amides is 1. The molecule has 0 aromatic heterocycles. The molecule has 6 nitrogen and oxygen atoms in total. The Morgan fingerprint density at radius 2 is 2.00 bits per heavy atom. The molecule has 2 fully saturated rings. The van der Waals surface area contributed by atoms with Gasteiger partial charge in [-0.2, -0.15) is 0 Å². The number of carboxylic acid groups (broad SMARTS) is 1. The number of ether oxygens (including phenoxy) is 2. The molecule has 136 valence electrons. The average Bonchev–Trinajstić information content (AvgIpc) is 3.08. The summed E-state index contributed by atoms with van der Waals surface area (Å²) in [5.41, 5.74) is 0.373. The molecule has 1 aliphatic carbocycles. The Morgan fingerprint density at radius 3 is 2.68 bits per heavy atom. The van der Waals surface area contributed by atoms with Crippen LogP contribution in [-0.4, -0.2) is 53.3 Å². The van der Waals surface area contributed by atoms with Crippen molar-refractivity contribution in [2.24, 2.45) is 0 Å². The average molecular weight is 368 g/mol. The lowest BCUT2D eigenvalue weighted by molar-refractivity contribution is -0.160. The summed E-state index contributed by atoms with van der Waals surface area (Å²) in [4.78, 5) is 25.7. The molecule has 2 aliphatic rings. The van der Waals surface area contributed by atoms with Crippen LogP contribution < -0.4 is 4.74 Å². The quantitative estimate of drug-likeness (QED) is 0.885. The molecule has 1 aromatic rings. The lowest BCUT2D eigenvalue weighted by Gasteiger charge is -2.35. The first-order chi connectivity index (χ1) is 11.9. The van der Waals surface area contributed by atoms with Gasteiger partial charge in [-0.15, -0.1) is 0 Å². The maximum atomic E-state index is 13.0. The predicted octanol–water partition coefficient (Wildman–Crippen LogP) is 2.98. The van der Waals surface area contributed by atoms with Gasteiger partial charge in [0.05, 0.1) is 24.3 Å². The van der Waals surface area contributed by atoms with E-state index in [1.807, 2.05) is 0 Å². The zero-order valence-corrected chi connectivity index (χ0v) is 14.9. The van der Waals surface area contributed by atoms with E-state index in [4.69, 9.17) is 21.1 Å². The van der Waals surface area contributed by atoms with Crippen molar-refractivity contribution < 1.29 is 24.2 Å². The first-order valence-corrected chi connectivity index (χ1v) is 8.95. The van der Waals surface area contributed by atoms with Gasteiger partial charge in [0, 0.05) is 11.6 Å². The van der Waals surface area contributed by atoms with Gasteiger partial charge in [0.2, 0.25) is 0 Å². The molecule has 1 aromatic carbocycles. The van der Waals surface area contributed by atoms with Crippen LogP contribution in [-0.2, 0) is 9.53 Å². The Labute approximate surface area is 151 Å². The van der Waals surface area contributed by atoms with E-state index in [0.717, 1.165) is 25.7 Å². The molecule has 0 spiro atoms. The molecule has 1 unspecified atom stereocenters. The van der Waals surface area contributed by atoms with E-state index in [0.29, 0.717) is 22.9 Å². The van der Waals surface area contributed by atoms with Gasteiger partial charge < -0.3 is 19.5 Å². The lowest BCUT2D eigenvalue weighted by Crippen LogP contribution is -2.51. The van der Waals surface area contributed by atoms with Gasteiger partial charge in [-0.25, -0.2) is 4.79 Å². The fraction of sp³-hybridized carbons (Fsp3) is 0.556. The minimum atomic E-state index is -1.07. The number of rotatable bonds is 4. The second-order valence-electron chi connectivity index (χ2n) is 6.65. The number of hydrogen-bond donors (Lipinski definition) is 1. The van der Waals surface area contributed by atoms with E-state index in [1.165, 1.54) is 4.90 Å². The number of morpholine rings is 1. The maximum Gasteiger partial charge on any atom is 0.334 e. The summed E-state index contributed by atoms with van der Waals surface area (Å²) in [5.74, 6) is -0.845. The summed E-state index contributed by atoms with van der Waals surface area (Å²) >= 11 is 6.08. The van der Waals surface area contributed by atoms with Gasteiger partial charge >= 0.3 is 5.97 Å². The Bertz CT molecular complexity index is 659. The molecule has 25 heavy (non-hydrogen) atoms. The van der Waals surface area contributed by atoms with Crippen LogP contribution >= 0.6 is 11.6 Å². The molecule has 0 bridgehead atoms. The van der Waals surface area contributed by atoms with Crippen molar-refractivity contribution in [3.05, 3.63) is 28.8 Å². The second-order valence-corrected chi connectivity index (χ2v) is 7.08. The first-order valence-electron chi connectivity index (χ1n) is 8.58. The van der Waals surface area contributed by atoms with E-state index in [2.05, 4.69) is 0 Å². The smallest absolute Gasteiger partial charge is 0.334 e. The molecule has 1 heterocycles. The van der Waals surface area contributed by atoms with Crippen LogP contribution in [0.1, 0.15) is 43.0 Å². The Balaban J connectivity index is 1.82. The monoisotopic (exact) mass is 367 g/mol. The number of carboxylic acids is 1. The largest absolute Gasteiger partial charge is 0.490 e. The molecule has 1 aliphatic heterocycles. The topological polar surface area (TPSA) is 76.1 Å². The van der Waals surface area contributed by atoms with Gasteiger partial charge in [0.15, 0.2) is 6.10 Å². The van der Waals surface area contributed by atoms with E-state index in [1.54, 1.807) is 25.1 Å².